The topological polar surface area (TPSA) is 101 Å². The van der Waals surface area contributed by atoms with Gasteiger partial charge in [0.05, 0.1) is 12.2 Å². The molecule has 4 rings (SSSR count). The van der Waals surface area contributed by atoms with Gasteiger partial charge in [0, 0.05) is 30.2 Å². The number of nitrogens with zero attached hydrogens (tertiary/aromatic N) is 4. The van der Waals surface area contributed by atoms with Crippen LogP contribution in [0.2, 0.25) is 0 Å². The molecule has 0 aliphatic carbocycles. The predicted molar refractivity (Wildman–Crippen MR) is 87.4 cm³/mol. The Bertz CT molecular complexity index is 1100. The molecule has 120 valence electrons. The van der Waals surface area contributed by atoms with Crippen LogP contribution >= 0.6 is 11.3 Å². The zero-order valence-corrected chi connectivity index (χ0v) is 13.0. The van der Waals surface area contributed by atoms with Crippen LogP contribution in [0, 0.1) is 0 Å². The van der Waals surface area contributed by atoms with Crippen molar-refractivity contribution in [1.29, 1.82) is 0 Å². The number of carbonyl (C=O) groups is 1. The summed E-state index contributed by atoms with van der Waals surface area (Å²) in [5.41, 5.74) is 0.161. The van der Waals surface area contributed by atoms with Gasteiger partial charge in [-0.15, -0.1) is 11.3 Å². The van der Waals surface area contributed by atoms with E-state index in [1.807, 2.05) is 22.2 Å². The summed E-state index contributed by atoms with van der Waals surface area (Å²) in [6, 6.07) is 2.93. The Morgan fingerprint density at radius 3 is 3.08 bits per heavy atom. The van der Waals surface area contributed by atoms with Crippen molar-refractivity contribution in [3.63, 3.8) is 0 Å². The number of aromatic nitrogens is 4. The number of imidazole rings is 1. The fraction of sp³-hybridized carbons (Fsp3) is 0.0667. The van der Waals surface area contributed by atoms with E-state index in [4.69, 9.17) is 0 Å². The van der Waals surface area contributed by atoms with Crippen molar-refractivity contribution < 1.29 is 9.90 Å². The third-order valence-electron chi connectivity index (χ3n) is 3.53. The third-order valence-corrected chi connectivity index (χ3v) is 4.30. The van der Waals surface area contributed by atoms with Crippen molar-refractivity contribution in [3.8, 4) is 5.75 Å². The largest absolute Gasteiger partial charge is 0.504 e. The van der Waals surface area contributed by atoms with E-state index < -0.39 is 11.5 Å². The number of rotatable bonds is 3. The Kier molecular flexibility index (Phi) is 3.28. The minimum Gasteiger partial charge on any atom is -0.504 e. The van der Waals surface area contributed by atoms with Crippen LogP contribution in [0.4, 0.5) is 0 Å². The summed E-state index contributed by atoms with van der Waals surface area (Å²) >= 11 is 1.50. The minimum absolute atomic E-state index is 0.0980. The fourth-order valence-electron chi connectivity index (χ4n) is 2.37. The summed E-state index contributed by atoms with van der Waals surface area (Å²) in [5.74, 6) is -0.666. The summed E-state index contributed by atoms with van der Waals surface area (Å²) < 4.78 is 3.00. The first-order valence-electron chi connectivity index (χ1n) is 7.02. The standard InChI is InChI=1S/C15H11N5O3S/c21-11-2-1-3-20-12(11)16-7-10(14(20)23)13(22)17-6-9-8-19-4-5-24-15(19)18-9/h1-5,7-8,21H,6H2,(H,17,22). The lowest BCUT2D eigenvalue weighted by molar-refractivity contribution is 0.0948. The minimum atomic E-state index is -0.542. The molecule has 0 saturated carbocycles. The van der Waals surface area contributed by atoms with Crippen LogP contribution in [0.25, 0.3) is 10.6 Å². The highest BCUT2D eigenvalue weighted by Crippen LogP contribution is 2.13. The van der Waals surface area contributed by atoms with Crippen molar-refractivity contribution in [1.82, 2.24) is 24.1 Å². The van der Waals surface area contributed by atoms with Gasteiger partial charge < -0.3 is 10.4 Å². The Morgan fingerprint density at radius 1 is 1.38 bits per heavy atom. The normalized spacial score (nSPS) is 11.2. The van der Waals surface area contributed by atoms with Crippen LogP contribution in [0.15, 0.2) is 47.1 Å². The molecule has 8 nitrogen and oxygen atoms in total. The number of hydrogen-bond donors (Lipinski definition) is 2. The van der Waals surface area contributed by atoms with E-state index in [0.717, 1.165) is 9.36 Å². The van der Waals surface area contributed by atoms with E-state index in [9.17, 15) is 14.7 Å². The highest BCUT2D eigenvalue weighted by molar-refractivity contribution is 7.15. The van der Waals surface area contributed by atoms with Crippen molar-refractivity contribution in [2.45, 2.75) is 6.54 Å². The van der Waals surface area contributed by atoms with E-state index in [2.05, 4.69) is 15.3 Å². The Hall–Kier alpha value is -3.20. The second-order valence-electron chi connectivity index (χ2n) is 5.07. The van der Waals surface area contributed by atoms with Gasteiger partial charge >= 0.3 is 0 Å². The Morgan fingerprint density at radius 2 is 2.25 bits per heavy atom. The first kappa shape index (κ1) is 14.4. The van der Waals surface area contributed by atoms with Crippen molar-refractivity contribution in [2.75, 3.05) is 0 Å². The summed E-state index contributed by atoms with van der Waals surface area (Å²) in [6.45, 7) is 0.204. The van der Waals surface area contributed by atoms with Crippen LogP contribution in [0.3, 0.4) is 0 Å². The third kappa shape index (κ3) is 2.31. The quantitative estimate of drug-likeness (QED) is 0.580. The van der Waals surface area contributed by atoms with Gasteiger partial charge in [-0.25, -0.2) is 9.97 Å². The number of fused-ring (bicyclic) bond motifs is 2. The lowest BCUT2D eigenvalue weighted by Crippen LogP contribution is -2.31. The SMILES string of the molecule is O=C(NCc1cn2ccsc2n1)c1cnc2c(O)cccn2c1=O. The second kappa shape index (κ2) is 5.46. The van der Waals surface area contributed by atoms with Gasteiger partial charge in [-0.05, 0) is 12.1 Å². The molecule has 0 radical (unpaired) electrons. The zero-order chi connectivity index (χ0) is 16.7. The molecular formula is C15H11N5O3S. The van der Waals surface area contributed by atoms with Gasteiger partial charge in [-0.2, -0.15) is 0 Å². The Labute approximate surface area is 138 Å². The molecule has 1 amide bonds. The number of aromatic hydroxyl groups is 1. The molecule has 4 aromatic rings. The molecule has 0 aliphatic rings. The second-order valence-corrected chi connectivity index (χ2v) is 5.94. The highest BCUT2D eigenvalue weighted by atomic mass is 32.1. The number of hydrogen-bond acceptors (Lipinski definition) is 6. The molecule has 0 atom stereocenters. The first-order valence-corrected chi connectivity index (χ1v) is 7.90. The molecule has 0 saturated heterocycles. The molecule has 9 heteroatoms. The Balaban J connectivity index is 1.60. The smallest absolute Gasteiger partial charge is 0.270 e. The maximum atomic E-state index is 12.4. The monoisotopic (exact) mass is 341 g/mol. The summed E-state index contributed by atoms with van der Waals surface area (Å²) in [7, 11) is 0. The summed E-state index contributed by atoms with van der Waals surface area (Å²) in [6.07, 6.45) is 6.31. The fourth-order valence-corrected chi connectivity index (χ4v) is 3.09. The molecule has 0 aliphatic heterocycles. The molecule has 4 heterocycles. The molecule has 24 heavy (non-hydrogen) atoms. The van der Waals surface area contributed by atoms with E-state index in [1.54, 1.807) is 0 Å². The van der Waals surface area contributed by atoms with Crippen LogP contribution < -0.4 is 10.9 Å². The maximum absolute atomic E-state index is 12.4. The number of pyridine rings is 1. The molecule has 0 fully saturated rings. The van der Waals surface area contributed by atoms with Gasteiger partial charge in [-0.3, -0.25) is 18.4 Å². The van der Waals surface area contributed by atoms with Crippen LogP contribution in [-0.4, -0.2) is 29.8 Å². The number of amides is 1. The van der Waals surface area contributed by atoms with E-state index in [-0.39, 0.29) is 23.5 Å². The van der Waals surface area contributed by atoms with Gasteiger partial charge in [0.25, 0.3) is 11.5 Å². The average Bonchev–Trinajstić information content (AvgIpc) is 3.15. The predicted octanol–water partition coefficient (Wildman–Crippen LogP) is 1.04. The van der Waals surface area contributed by atoms with Crippen LogP contribution in [0.1, 0.15) is 16.1 Å². The van der Waals surface area contributed by atoms with E-state index in [0.29, 0.717) is 5.69 Å². The van der Waals surface area contributed by atoms with E-state index in [1.165, 1.54) is 35.9 Å². The van der Waals surface area contributed by atoms with Gasteiger partial charge in [-0.1, -0.05) is 0 Å². The van der Waals surface area contributed by atoms with Crippen molar-refractivity contribution >= 4 is 27.9 Å². The lowest BCUT2D eigenvalue weighted by atomic mass is 10.3. The molecule has 2 N–H and O–H groups in total. The van der Waals surface area contributed by atoms with Crippen molar-refractivity contribution in [2.24, 2.45) is 0 Å². The molecule has 0 unspecified atom stereocenters. The molecule has 0 bridgehead atoms. The zero-order valence-electron chi connectivity index (χ0n) is 12.2. The molecule has 0 aromatic carbocycles. The van der Waals surface area contributed by atoms with Gasteiger partial charge in [0.15, 0.2) is 16.4 Å². The molecule has 4 aromatic heterocycles. The van der Waals surface area contributed by atoms with Crippen LogP contribution in [-0.2, 0) is 6.54 Å². The average molecular weight is 341 g/mol. The summed E-state index contributed by atoms with van der Waals surface area (Å²) in [5, 5.41) is 14.3. The maximum Gasteiger partial charge on any atom is 0.270 e. The lowest BCUT2D eigenvalue weighted by Gasteiger charge is -2.05. The van der Waals surface area contributed by atoms with Crippen molar-refractivity contribution in [3.05, 3.63) is 63.9 Å². The van der Waals surface area contributed by atoms with Gasteiger partial charge in [0.2, 0.25) is 0 Å². The molecular weight excluding hydrogens is 330 g/mol. The first-order chi connectivity index (χ1) is 11.6. The summed E-state index contributed by atoms with van der Waals surface area (Å²) in [4.78, 5) is 33.8. The highest BCUT2D eigenvalue weighted by Gasteiger charge is 2.15. The van der Waals surface area contributed by atoms with Crippen LogP contribution in [0.5, 0.6) is 5.75 Å². The van der Waals surface area contributed by atoms with Gasteiger partial charge in [0.1, 0.15) is 5.56 Å². The number of carbonyl (C=O) groups excluding carboxylic acids is 1. The van der Waals surface area contributed by atoms with E-state index >= 15 is 0 Å². The molecule has 0 spiro atoms. The number of thiazole rings is 1. The number of nitrogens with one attached hydrogen (secondary N) is 1.